The van der Waals surface area contributed by atoms with E-state index in [-0.39, 0.29) is 24.8 Å². The average molecular weight is 430 g/mol. The quantitative estimate of drug-likeness (QED) is 0.537. The molecule has 170 valence electrons. The number of carbonyl (C=O) groups is 3. The Hall–Kier alpha value is -2.83. The van der Waals surface area contributed by atoms with Crippen molar-refractivity contribution in [2.45, 2.75) is 71.4 Å². The molecule has 2 rings (SSSR count). The van der Waals surface area contributed by atoms with E-state index >= 15 is 0 Å². The summed E-state index contributed by atoms with van der Waals surface area (Å²) in [6.07, 6.45) is 9.41. The van der Waals surface area contributed by atoms with Crippen LogP contribution in [0.5, 0.6) is 0 Å². The molecule has 0 bridgehead atoms. The van der Waals surface area contributed by atoms with Crippen molar-refractivity contribution in [3.05, 3.63) is 42.0 Å². The first kappa shape index (κ1) is 24.4. The Morgan fingerprint density at radius 2 is 1.71 bits per heavy atom. The minimum absolute atomic E-state index is 0.121. The van der Waals surface area contributed by atoms with Crippen molar-refractivity contribution in [2.75, 3.05) is 11.9 Å². The average Bonchev–Trinajstić information content (AvgIpc) is 2.71. The van der Waals surface area contributed by atoms with Gasteiger partial charge < -0.3 is 20.7 Å². The fraction of sp³-hybridized carbons (Fsp3) is 0.542. The number of hydrogen-bond donors (Lipinski definition) is 3. The van der Waals surface area contributed by atoms with Crippen molar-refractivity contribution in [1.82, 2.24) is 10.6 Å². The zero-order valence-corrected chi connectivity index (χ0v) is 18.8. The van der Waals surface area contributed by atoms with Crippen LogP contribution in [0.25, 0.3) is 0 Å². The molecule has 7 heteroatoms. The first-order valence-corrected chi connectivity index (χ1v) is 11.0. The summed E-state index contributed by atoms with van der Waals surface area (Å²) in [7, 11) is 0. The number of allylic oxidation sites excluding steroid dienone is 1. The molecule has 1 aromatic carbocycles. The number of nitrogens with one attached hydrogen (secondary N) is 3. The Kier molecular flexibility index (Phi) is 9.56. The van der Waals surface area contributed by atoms with Gasteiger partial charge >= 0.3 is 6.09 Å². The summed E-state index contributed by atoms with van der Waals surface area (Å²) in [4.78, 5) is 35.6. The van der Waals surface area contributed by atoms with Crippen LogP contribution in [0.2, 0.25) is 0 Å². The Balaban J connectivity index is 1.66. The number of rotatable bonds is 8. The number of hydrogen-bond acceptors (Lipinski definition) is 4. The van der Waals surface area contributed by atoms with Gasteiger partial charge in [-0.05, 0) is 63.3 Å². The largest absolute Gasteiger partial charge is 0.444 e. The fourth-order valence-electron chi connectivity index (χ4n) is 3.32. The van der Waals surface area contributed by atoms with Crippen LogP contribution >= 0.6 is 0 Å². The number of anilines is 1. The van der Waals surface area contributed by atoms with Crippen molar-refractivity contribution >= 4 is 23.6 Å². The molecule has 1 aliphatic rings. The lowest BCUT2D eigenvalue weighted by molar-refractivity contribution is -0.121. The van der Waals surface area contributed by atoms with Crippen LogP contribution in [-0.4, -0.2) is 30.1 Å². The Morgan fingerprint density at radius 1 is 1.03 bits per heavy atom. The molecule has 0 aromatic heterocycles. The Bertz CT molecular complexity index is 760. The molecule has 0 saturated heterocycles. The van der Waals surface area contributed by atoms with Gasteiger partial charge in [-0.2, -0.15) is 0 Å². The topological polar surface area (TPSA) is 96.5 Å². The molecule has 0 aliphatic heterocycles. The van der Waals surface area contributed by atoms with Gasteiger partial charge in [-0.15, -0.1) is 0 Å². The minimum Gasteiger partial charge on any atom is -0.444 e. The van der Waals surface area contributed by atoms with Gasteiger partial charge in [-0.3, -0.25) is 9.59 Å². The third-order valence-corrected chi connectivity index (χ3v) is 4.90. The van der Waals surface area contributed by atoms with Crippen LogP contribution in [0.4, 0.5) is 10.5 Å². The molecular weight excluding hydrogens is 394 g/mol. The lowest BCUT2D eigenvalue weighted by atomic mass is 9.89. The Labute approximate surface area is 185 Å². The molecular formula is C24H35N3O4. The first-order chi connectivity index (χ1) is 14.7. The second kappa shape index (κ2) is 12.1. The van der Waals surface area contributed by atoms with Crippen molar-refractivity contribution in [1.29, 1.82) is 0 Å². The van der Waals surface area contributed by atoms with Gasteiger partial charge in [0.05, 0.1) is 0 Å². The van der Waals surface area contributed by atoms with Gasteiger partial charge in [0, 0.05) is 25.2 Å². The lowest BCUT2D eigenvalue weighted by Gasteiger charge is -2.19. The second-order valence-electron chi connectivity index (χ2n) is 8.90. The third-order valence-electron chi connectivity index (χ3n) is 4.90. The van der Waals surface area contributed by atoms with Gasteiger partial charge in [-0.1, -0.05) is 37.5 Å². The maximum Gasteiger partial charge on any atom is 0.407 e. The molecule has 0 spiro atoms. The maximum atomic E-state index is 12.1. The molecule has 0 atom stereocenters. The lowest BCUT2D eigenvalue weighted by Crippen LogP contribution is -2.35. The molecule has 3 N–H and O–H groups in total. The predicted molar refractivity (Wildman–Crippen MR) is 121 cm³/mol. The molecule has 1 saturated carbocycles. The Morgan fingerprint density at radius 3 is 2.35 bits per heavy atom. The van der Waals surface area contributed by atoms with E-state index in [0.717, 1.165) is 11.3 Å². The molecule has 0 radical (unpaired) electrons. The van der Waals surface area contributed by atoms with E-state index in [1.54, 1.807) is 26.8 Å². The van der Waals surface area contributed by atoms with Gasteiger partial charge in [0.25, 0.3) is 0 Å². The van der Waals surface area contributed by atoms with E-state index in [4.69, 9.17) is 4.74 Å². The zero-order valence-electron chi connectivity index (χ0n) is 18.8. The highest BCUT2D eigenvalue weighted by Gasteiger charge is 2.16. The van der Waals surface area contributed by atoms with E-state index in [9.17, 15) is 14.4 Å². The normalized spacial score (nSPS) is 14.8. The third kappa shape index (κ3) is 10.7. The van der Waals surface area contributed by atoms with Gasteiger partial charge in [-0.25, -0.2) is 4.79 Å². The van der Waals surface area contributed by atoms with E-state index in [1.165, 1.54) is 32.1 Å². The van der Waals surface area contributed by atoms with Crippen molar-refractivity contribution < 1.29 is 19.1 Å². The van der Waals surface area contributed by atoms with Gasteiger partial charge in [0.1, 0.15) is 5.60 Å². The molecule has 0 heterocycles. The summed E-state index contributed by atoms with van der Waals surface area (Å²) in [6, 6.07) is 7.36. The predicted octanol–water partition coefficient (Wildman–Crippen LogP) is 4.29. The number of amides is 3. The van der Waals surface area contributed by atoms with Crippen LogP contribution < -0.4 is 16.0 Å². The van der Waals surface area contributed by atoms with E-state index in [1.807, 2.05) is 30.3 Å². The molecule has 31 heavy (non-hydrogen) atoms. The van der Waals surface area contributed by atoms with Crippen molar-refractivity contribution in [3.8, 4) is 0 Å². The fourth-order valence-corrected chi connectivity index (χ4v) is 3.32. The standard InChI is InChI=1S/C24H35N3O4/c1-24(2,3)31-23(30)25-16-15-21(28)26-17-19-9-12-20(13-10-19)27-22(29)14-11-18-7-5-4-6-8-18/h9-14,18H,4-8,15-17H2,1-3H3,(H,25,30)(H,26,28)(H,27,29)/b14-11+. The van der Waals surface area contributed by atoms with Gasteiger partial charge in [0.15, 0.2) is 0 Å². The summed E-state index contributed by atoms with van der Waals surface area (Å²) in [6.45, 7) is 5.93. The first-order valence-electron chi connectivity index (χ1n) is 11.0. The molecule has 7 nitrogen and oxygen atoms in total. The molecule has 1 fully saturated rings. The monoisotopic (exact) mass is 429 g/mol. The van der Waals surface area contributed by atoms with Crippen LogP contribution in [0, 0.1) is 5.92 Å². The highest BCUT2D eigenvalue weighted by Crippen LogP contribution is 2.24. The minimum atomic E-state index is -0.566. The summed E-state index contributed by atoms with van der Waals surface area (Å²) >= 11 is 0. The van der Waals surface area contributed by atoms with Crippen LogP contribution in [0.15, 0.2) is 36.4 Å². The SMILES string of the molecule is CC(C)(C)OC(=O)NCCC(=O)NCc1ccc(NC(=O)/C=C/C2CCCCC2)cc1. The zero-order chi connectivity index (χ0) is 22.7. The van der Waals surface area contributed by atoms with Crippen molar-refractivity contribution in [3.63, 3.8) is 0 Å². The highest BCUT2D eigenvalue weighted by atomic mass is 16.6. The highest BCUT2D eigenvalue weighted by molar-refractivity contribution is 5.99. The molecule has 1 aromatic rings. The molecule has 0 unspecified atom stereocenters. The molecule has 1 aliphatic carbocycles. The van der Waals surface area contributed by atoms with E-state index in [0.29, 0.717) is 12.5 Å². The second-order valence-corrected chi connectivity index (χ2v) is 8.90. The number of ether oxygens (including phenoxy) is 1. The van der Waals surface area contributed by atoms with Crippen LogP contribution in [0.1, 0.15) is 64.9 Å². The van der Waals surface area contributed by atoms with Crippen LogP contribution in [0.3, 0.4) is 0 Å². The van der Waals surface area contributed by atoms with Gasteiger partial charge in [0.2, 0.25) is 11.8 Å². The molecule has 3 amide bonds. The summed E-state index contributed by atoms with van der Waals surface area (Å²) in [5, 5.41) is 8.23. The van der Waals surface area contributed by atoms with Crippen molar-refractivity contribution in [2.24, 2.45) is 5.92 Å². The maximum absolute atomic E-state index is 12.1. The van der Waals surface area contributed by atoms with E-state index in [2.05, 4.69) is 16.0 Å². The number of alkyl carbamates (subject to hydrolysis) is 1. The number of carbonyl (C=O) groups excluding carboxylic acids is 3. The smallest absolute Gasteiger partial charge is 0.407 e. The van der Waals surface area contributed by atoms with Crippen LogP contribution in [-0.2, 0) is 20.9 Å². The number of benzene rings is 1. The summed E-state index contributed by atoms with van der Waals surface area (Å²) in [5.41, 5.74) is 1.07. The summed E-state index contributed by atoms with van der Waals surface area (Å²) in [5.74, 6) is 0.232. The van der Waals surface area contributed by atoms with E-state index < -0.39 is 11.7 Å². The summed E-state index contributed by atoms with van der Waals surface area (Å²) < 4.78 is 5.12.